The number of thiazole rings is 1. The van der Waals surface area contributed by atoms with Gasteiger partial charge in [0.1, 0.15) is 15.5 Å². The molecule has 5 nitrogen and oxygen atoms in total. The third-order valence-corrected chi connectivity index (χ3v) is 5.93. The van der Waals surface area contributed by atoms with E-state index >= 15 is 0 Å². The van der Waals surface area contributed by atoms with Crippen molar-refractivity contribution in [3.8, 4) is 10.6 Å². The van der Waals surface area contributed by atoms with Crippen LogP contribution in [0.3, 0.4) is 0 Å². The Morgan fingerprint density at radius 2 is 2.07 bits per heavy atom. The second-order valence-corrected chi connectivity index (χ2v) is 7.81. The number of hydrogen-bond acceptors (Lipinski definition) is 4. The van der Waals surface area contributed by atoms with Crippen molar-refractivity contribution in [3.63, 3.8) is 0 Å². The van der Waals surface area contributed by atoms with Gasteiger partial charge in [-0.2, -0.15) is 0 Å². The molecule has 4 aromatic rings. The van der Waals surface area contributed by atoms with Crippen molar-refractivity contribution in [3.05, 3.63) is 70.5 Å². The lowest BCUT2D eigenvalue weighted by Gasteiger charge is -2.05. The summed E-state index contributed by atoms with van der Waals surface area (Å²) in [5, 5.41) is 4.93. The van der Waals surface area contributed by atoms with Crippen LogP contribution < -0.4 is 5.32 Å². The van der Waals surface area contributed by atoms with E-state index in [4.69, 9.17) is 0 Å². The van der Waals surface area contributed by atoms with Crippen LogP contribution >= 0.6 is 11.3 Å². The molecule has 0 atom stereocenters. The maximum absolute atomic E-state index is 12.7. The van der Waals surface area contributed by atoms with Crippen LogP contribution in [0.4, 0.5) is 0 Å². The molecule has 0 aliphatic heterocycles. The summed E-state index contributed by atoms with van der Waals surface area (Å²) in [5.41, 5.74) is 4.99. The first kappa shape index (κ1) is 18.4. The smallest absolute Gasteiger partial charge is 0.263 e. The molecule has 4 rings (SSSR count). The third kappa shape index (κ3) is 3.43. The van der Waals surface area contributed by atoms with Gasteiger partial charge in [0.15, 0.2) is 0 Å². The van der Waals surface area contributed by atoms with Gasteiger partial charge in [-0.1, -0.05) is 29.8 Å². The number of aryl methyl sites for hydroxylation is 3. The lowest BCUT2D eigenvalue weighted by Crippen LogP contribution is -2.22. The maximum atomic E-state index is 12.7. The number of carbonyl (C=O) groups excluding carboxylic acids is 1. The van der Waals surface area contributed by atoms with E-state index in [2.05, 4.69) is 45.1 Å². The zero-order valence-electron chi connectivity index (χ0n) is 16.2. The number of nitrogens with zero attached hydrogens (tertiary/aromatic N) is 3. The molecule has 6 heteroatoms. The van der Waals surface area contributed by atoms with Crippen LogP contribution in [0, 0.1) is 13.8 Å². The molecule has 0 saturated carbocycles. The van der Waals surface area contributed by atoms with Crippen molar-refractivity contribution in [2.75, 3.05) is 0 Å². The highest BCUT2D eigenvalue weighted by Gasteiger charge is 2.19. The molecule has 0 fully saturated rings. The molecule has 1 aromatic carbocycles. The Kier molecular flexibility index (Phi) is 4.96. The first-order chi connectivity index (χ1) is 13.6. The Morgan fingerprint density at radius 3 is 2.86 bits per heavy atom. The highest BCUT2D eigenvalue weighted by Crippen LogP contribution is 2.34. The largest absolute Gasteiger partial charge is 0.347 e. The highest BCUT2D eigenvalue weighted by atomic mass is 32.1. The van der Waals surface area contributed by atoms with E-state index in [9.17, 15) is 4.79 Å². The first-order valence-corrected chi connectivity index (χ1v) is 10.1. The van der Waals surface area contributed by atoms with E-state index in [0.29, 0.717) is 11.4 Å². The van der Waals surface area contributed by atoms with Crippen LogP contribution in [-0.2, 0) is 13.1 Å². The van der Waals surface area contributed by atoms with E-state index in [1.807, 2.05) is 38.1 Å². The second kappa shape index (κ2) is 7.56. The molecular formula is C22H22N4OS. The number of hydrogen-bond donors (Lipinski definition) is 1. The van der Waals surface area contributed by atoms with Crippen LogP contribution in [0.5, 0.6) is 0 Å². The zero-order chi connectivity index (χ0) is 19.7. The molecule has 3 heterocycles. The van der Waals surface area contributed by atoms with Crippen LogP contribution in [0.1, 0.15) is 33.4 Å². The summed E-state index contributed by atoms with van der Waals surface area (Å²) >= 11 is 1.43. The Balaban J connectivity index is 1.61. The van der Waals surface area contributed by atoms with Crippen LogP contribution in [0.25, 0.3) is 21.6 Å². The minimum Gasteiger partial charge on any atom is -0.347 e. The number of fused-ring (bicyclic) bond motifs is 1. The Bertz CT molecular complexity index is 1160. The molecule has 0 unspecified atom stereocenters. The molecular weight excluding hydrogens is 368 g/mol. The zero-order valence-corrected chi connectivity index (χ0v) is 17.0. The van der Waals surface area contributed by atoms with Gasteiger partial charge in [-0.3, -0.25) is 4.79 Å². The average Bonchev–Trinajstić information content (AvgIpc) is 3.26. The molecule has 0 radical (unpaired) electrons. The lowest BCUT2D eigenvalue weighted by molar-refractivity contribution is 0.0954. The first-order valence-electron chi connectivity index (χ1n) is 9.32. The molecule has 28 heavy (non-hydrogen) atoms. The van der Waals surface area contributed by atoms with Gasteiger partial charge in [-0.05, 0) is 38.5 Å². The Morgan fingerprint density at radius 1 is 1.21 bits per heavy atom. The highest BCUT2D eigenvalue weighted by molar-refractivity contribution is 7.17. The fourth-order valence-electron chi connectivity index (χ4n) is 3.34. The van der Waals surface area contributed by atoms with Crippen molar-refractivity contribution >= 4 is 28.3 Å². The fourth-order valence-corrected chi connectivity index (χ4v) is 4.35. The van der Waals surface area contributed by atoms with Gasteiger partial charge in [-0.15, -0.1) is 11.3 Å². The predicted octanol–water partition coefficient (Wildman–Crippen LogP) is 4.73. The van der Waals surface area contributed by atoms with Gasteiger partial charge in [-0.25, -0.2) is 9.97 Å². The minimum absolute atomic E-state index is 0.0832. The predicted molar refractivity (Wildman–Crippen MR) is 114 cm³/mol. The number of aromatic nitrogens is 3. The quantitative estimate of drug-likeness (QED) is 0.536. The molecule has 3 aromatic heterocycles. The van der Waals surface area contributed by atoms with Gasteiger partial charge in [0.2, 0.25) is 0 Å². The van der Waals surface area contributed by atoms with Crippen molar-refractivity contribution in [2.45, 2.75) is 33.9 Å². The summed E-state index contributed by atoms with van der Waals surface area (Å²) < 4.78 is 2.11. The summed E-state index contributed by atoms with van der Waals surface area (Å²) in [6, 6.07) is 12.1. The minimum atomic E-state index is -0.0832. The third-order valence-electron chi connectivity index (χ3n) is 4.74. The summed E-state index contributed by atoms with van der Waals surface area (Å²) in [4.78, 5) is 22.6. The lowest BCUT2D eigenvalue weighted by atomic mass is 10.1. The Labute approximate surface area is 168 Å². The fraction of sp³-hybridized carbons (Fsp3) is 0.227. The number of carbonyl (C=O) groups is 1. The number of rotatable bonds is 5. The molecule has 0 spiro atoms. The molecule has 0 bridgehead atoms. The average molecular weight is 391 g/mol. The molecule has 142 valence electrons. The van der Waals surface area contributed by atoms with Gasteiger partial charge >= 0.3 is 0 Å². The summed E-state index contributed by atoms with van der Waals surface area (Å²) in [7, 11) is 0. The van der Waals surface area contributed by atoms with Gasteiger partial charge < -0.3 is 9.88 Å². The molecule has 1 amide bonds. The monoisotopic (exact) mass is 390 g/mol. The maximum Gasteiger partial charge on any atom is 0.263 e. The van der Waals surface area contributed by atoms with Gasteiger partial charge in [0.05, 0.1) is 5.69 Å². The summed E-state index contributed by atoms with van der Waals surface area (Å²) in [5.74, 6) is -0.0832. The van der Waals surface area contributed by atoms with E-state index in [-0.39, 0.29) is 5.91 Å². The van der Waals surface area contributed by atoms with Gasteiger partial charge in [0.25, 0.3) is 5.91 Å². The van der Waals surface area contributed by atoms with Crippen molar-refractivity contribution < 1.29 is 4.79 Å². The molecule has 1 N–H and O–H groups in total. The van der Waals surface area contributed by atoms with Crippen molar-refractivity contribution in [1.29, 1.82) is 0 Å². The number of nitrogens with one attached hydrogen (secondary N) is 1. The molecule has 0 aliphatic rings. The van der Waals surface area contributed by atoms with E-state index < -0.39 is 0 Å². The summed E-state index contributed by atoms with van der Waals surface area (Å²) in [6.45, 7) is 7.37. The number of amides is 1. The second-order valence-electron chi connectivity index (χ2n) is 6.81. The standard InChI is InChI=1S/C22H22N4OS/c1-4-26-13-18(17-9-6-10-23-20(17)26)22-25-15(3)19(28-22)21(27)24-12-16-8-5-7-14(2)11-16/h5-11,13H,4,12H2,1-3H3,(H,24,27). The summed E-state index contributed by atoms with van der Waals surface area (Å²) in [6.07, 6.45) is 3.87. The Hall–Kier alpha value is -2.99. The molecule has 0 saturated heterocycles. The molecule has 0 aliphatic carbocycles. The van der Waals surface area contributed by atoms with Crippen LogP contribution in [0.2, 0.25) is 0 Å². The van der Waals surface area contributed by atoms with E-state index in [1.54, 1.807) is 6.20 Å². The normalized spacial score (nSPS) is 11.1. The number of pyridine rings is 1. The number of benzene rings is 1. The van der Waals surface area contributed by atoms with Crippen molar-refractivity contribution in [1.82, 2.24) is 19.9 Å². The van der Waals surface area contributed by atoms with Gasteiger partial charge in [0, 0.05) is 36.4 Å². The SMILES string of the molecule is CCn1cc(-c2nc(C)c(C(=O)NCc3cccc(C)c3)s2)c2cccnc21. The van der Waals surface area contributed by atoms with E-state index in [1.165, 1.54) is 16.9 Å². The van der Waals surface area contributed by atoms with Crippen LogP contribution in [-0.4, -0.2) is 20.4 Å². The topological polar surface area (TPSA) is 59.8 Å². The van der Waals surface area contributed by atoms with Crippen molar-refractivity contribution in [2.24, 2.45) is 0 Å². The van der Waals surface area contributed by atoms with Crippen LogP contribution in [0.15, 0.2) is 48.8 Å². The van der Waals surface area contributed by atoms with E-state index in [0.717, 1.165) is 39.4 Å².